The molecule has 0 spiro atoms. The summed E-state index contributed by atoms with van der Waals surface area (Å²) in [5.41, 5.74) is 0.681. The zero-order valence-corrected chi connectivity index (χ0v) is 12.5. The molecule has 5 nitrogen and oxygen atoms in total. The van der Waals surface area contributed by atoms with Crippen molar-refractivity contribution >= 4 is 21.6 Å². The first kappa shape index (κ1) is 13.1. The Morgan fingerprint density at radius 3 is 3.16 bits per heavy atom. The van der Waals surface area contributed by atoms with Crippen LogP contribution in [-0.4, -0.2) is 28.5 Å². The predicted molar refractivity (Wildman–Crippen MR) is 76.3 cm³/mol. The second-order valence-corrected chi connectivity index (χ2v) is 6.14. The van der Waals surface area contributed by atoms with Crippen LogP contribution in [0.2, 0.25) is 0 Å². The number of nitrogens with one attached hydrogen (secondary N) is 1. The maximum Gasteiger partial charge on any atom is 0.282 e. The maximum atomic E-state index is 11.8. The molecule has 1 saturated heterocycles. The van der Waals surface area contributed by atoms with Gasteiger partial charge in [-0.15, -0.1) is 0 Å². The number of nitrogens with zero attached hydrogens (tertiary/aromatic N) is 2. The highest BCUT2D eigenvalue weighted by Crippen LogP contribution is 2.36. The molecule has 0 radical (unpaired) electrons. The quantitative estimate of drug-likeness (QED) is 0.901. The van der Waals surface area contributed by atoms with E-state index in [9.17, 15) is 4.79 Å². The average Bonchev–Trinajstić information content (AvgIpc) is 2.89. The molecular weight excluding hydrogens is 310 g/mol. The van der Waals surface area contributed by atoms with Crippen molar-refractivity contribution in [2.45, 2.75) is 37.8 Å². The van der Waals surface area contributed by atoms with Crippen LogP contribution in [0, 0.1) is 5.92 Å². The largest absolute Gasteiger partial charge is 0.380 e. The summed E-state index contributed by atoms with van der Waals surface area (Å²) in [7, 11) is 1.65. The summed E-state index contributed by atoms with van der Waals surface area (Å²) in [5.74, 6) is 0.560. The number of rotatable bonds is 2. The fraction of sp³-hybridized carbons (Fsp3) is 0.692. The molecule has 1 aromatic rings. The van der Waals surface area contributed by atoms with Gasteiger partial charge >= 0.3 is 0 Å². The van der Waals surface area contributed by atoms with Gasteiger partial charge in [-0.3, -0.25) is 4.79 Å². The summed E-state index contributed by atoms with van der Waals surface area (Å²) in [5, 5.41) is 7.56. The number of ether oxygens (including phenoxy) is 1. The molecule has 3 atom stereocenters. The smallest absolute Gasteiger partial charge is 0.282 e. The average molecular weight is 328 g/mol. The lowest BCUT2D eigenvalue weighted by Gasteiger charge is -2.34. The van der Waals surface area contributed by atoms with Crippen LogP contribution in [0.1, 0.15) is 25.7 Å². The Hall–Kier alpha value is -0.880. The standard InChI is InChI=1S/C13H18BrN3O2/c1-17-13(18)12(14)10(7-15-17)16-9-3-2-4-11-8(9)5-6-19-11/h7-9,11,16H,2-6H2,1H3/t8-,9-,11+/m1/s1. The Labute approximate surface area is 120 Å². The lowest BCUT2D eigenvalue weighted by Crippen LogP contribution is -2.38. The van der Waals surface area contributed by atoms with Crippen molar-refractivity contribution < 1.29 is 4.74 Å². The van der Waals surface area contributed by atoms with E-state index < -0.39 is 0 Å². The number of aryl methyl sites for hydroxylation is 1. The predicted octanol–water partition coefficient (Wildman–Crippen LogP) is 1.91. The minimum Gasteiger partial charge on any atom is -0.380 e. The van der Waals surface area contributed by atoms with Gasteiger partial charge in [0.2, 0.25) is 0 Å². The van der Waals surface area contributed by atoms with Gasteiger partial charge in [0, 0.05) is 25.6 Å². The van der Waals surface area contributed by atoms with Crippen molar-refractivity contribution in [2.75, 3.05) is 11.9 Å². The maximum absolute atomic E-state index is 11.8. The van der Waals surface area contributed by atoms with Gasteiger partial charge in [-0.25, -0.2) is 4.68 Å². The van der Waals surface area contributed by atoms with Crippen molar-refractivity contribution in [1.29, 1.82) is 0 Å². The van der Waals surface area contributed by atoms with E-state index in [1.807, 2.05) is 0 Å². The van der Waals surface area contributed by atoms with Gasteiger partial charge in [0.1, 0.15) is 4.47 Å². The summed E-state index contributed by atoms with van der Waals surface area (Å²) >= 11 is 3.36. The van der Waals surface area contributed by atoms with Crippen molar-refractivity contribution in [3.05, 3.63) is 21.0 Å². The van der Waals surface area contributed by atoms with Gasteiger partial charge < -0.3 is 10.1 Å². The van der Waals surface area contributed by atoms with Gasteiger partial charge in [0.05, 0.1) is 18.0 Å². The first-order chi connectivity index (χ1) is 9.16. The highest BCUT2D eigenvalue weighted by molar-refractivity contribution is 9.10. The molecule has 104 valence electrons. The summed E-state index contributed by atoms with van der Waals surface area (Å²) in [6.07, 6.45) is 6.69. The SMILES string of the molecule is Cn1ncc(N[C@@H]2CCC[C@@H]3OCC[C@@H]32)c(Br)c1=O. The molecule has 3 rings (SSSR count). The van der Waals surface area contributed by atoms with Crippen molar-refractivity contribution in [1.82, 2.24) is 9.78 Å². The molecule has 19 heavy (non-hydrogen) atoms. The van der Waals surface area contributed by atoms with Crippen LogP contribution in [0.4, 0.5) is 5.69 Å². The molecule has 1 aliphatic carbocycles. The summed E-state index contributed by atoms with van der Waals surface area (Å²) < 4.78 is 7.66. The monoisotopic (exact) mass is 327 g/mol. The van der Waals surface area contributed by atoms with Gasteiger partial charge in [-0.05, 0) is 41.6 Å². The Kier molecular flexibility index (Phi) is 3.62. The second-order valence-electron chi connectivity index (χ2n) is 5.34. The highest BCUT2D eigenvalue weighted by Gasteiger charge is 2.37. The van der Waals surface area contributed by atoms with Crippen LogP contribution >= 0.6 is 15.9 Å². The normalized spacial score (nSPS) is 30.1. The van der Waals surface area contributed by atoms with Crippen molar-refractivity contribution in [3.63, 3.8) is 0 Å². The fourth-order valence-corrected chi connectivity index (χ4v) is 3.64. The summed E-state index contributed by atoms with van der Waals surface area (Å²) in [6.45, 7) is 0.865. The Balaban J connectivity index is 1.81. The number of anilines is 1. The molecule has 2 fully saturated rings. The lowest BCUT2D eigenvalue weighted by atomic mass is 9.82. The van der Waals surface area contributed by atoms with E-state index in [4.69, 9.17) is 4.74 Å². The zero-order chi connectivity index (χ0) is 13.4. The summed E-state index contributed by atoms with van der Waals surface area (Å²) in [4.78, 5) is 11.8. The Morgan fingerprint density at radius 1 is 1.47 bits per heavy atom. The molecule has 6 heteroatoms. The molecular formula is C13H18BrN3O2. The third-order valence-electron chi connectivity index (χ3n) is 4.20. The molecule has 0 aromatic carbocycles. The molecule has 2 aliphatic rings. The van der Waals surface area contributed by atoms with E-state index in [-0.39, 0.29) is 5.56 Å². The molecule has 1 saturated carbocycles. The fourth-order valence-electron chi connectivity index (χ4n) is 3.17. The third kappa shape index (κ3) is 2.43. The van der Waals surface area contributed by atoms with Crippen LogP contribution in [0.25, 0.3) is 0 Å². The molecule has 2 heterocycles. The number of aromatic nitrogens is 2. The minimum atomic E-state index is -0.111. The molecule has 0 amide bonds. The van der Waals surface area contributed by atoms with Gasteiger partial charge in [-0.1, -0.05) is 0 Å². The van der Waals surface area contributed by atoms with Crippen LogP contribution < -0.4 is 10.9 Å². The van der Waals surface area contributed by atoms with E-state index in [1.165, 1.54) is 17.5 Å². The van der Waals surface area contributed by atoms with E-state index in [1.54, 1.807) is 13.2 Å². The number of hydrogen-bond donors (Lipinski definition) is 1. The second kappa shape index (κ2) is 5.25. The molecule has 1 aliphatic heterocycles. The van der Waals surface area contributed by atoms with E-state index in [0.717, 1.165) is 25.1 Å². The molecule has 1 N–H and O–H groups in total. The first-order valence-electron chi connectivity index (χ1n) is 6.77. The Morgan fingerprint density at radius 2 is 2.32 bits per heavy atom. The number of fused-ring (bicyclic) bond motifs is 1. The molecule has 0 unspecified atom stereocenters. The van der Waals surface area contributed by atoms with Crippen LogP contribution in [0.5, 0.6) is 0 Å². The first-order valence-corrected chi connectivity index (χ1v) is 7.56. The van der Waals surface area contributed by atoms with Crippen molar-refractivity contribution in [2.24, 2.45) is 13.0 Å². The van der Waals surface area contributed by atoms with Crippen LogP contribution in [0.15, 0.2) is 15.5 Å². The van der Waals surface area contributed by atoms with Crippen LogP contribution in [-0.2, 0) is 11.8 Å². The molecule has 0 bridgehead atoms. The molecule has 1 aromatic heterocycles. The van der Waals surface area contributed by atoms with Crippen LogP contribution in [0.3, 0.4) is 0 Å². The van der Waals surface area contributed by atoms with E-state index in [2.05, 4.69) is 26.3 Å². The topological polar surface area (TPSA) is 56.1 Å². The van der Waals surface area contributed by atoms with E-state index >= 15 is 0 Å². The Bertz CT molecular complexity index is 531. The van der Waals surface area contributed by atoms with Gasteiger partial charge in [0.15, 0.2) is 0 Å². The highest BCUT2D eigenvalue weighted by atomic mass is 79.9. The summed E-state index contributed by atoms with van der Waals surface area (Å²) in [6, 6.07) is 0.381. The van der Waals surface area contributed by atoms with Crippen molar-refractivity contribution in [3.8, 4) is 0 Å². The van der Waals surface area contributed by atoms with E-state index in [0.29, 0.717) is 22.5 Å². The van der Waals surface area contributed by atoms with Gasteiger partial charge in [-0.2, -0.15) is 5.10 Å². The number of hydrogen-bond acceptors (Lipinski definition) is 4. The minimum absolute atomic E-state index is 0.111. The third-order valence-corrected chi connectivity index (χ3v) is 4.97. The lowest BCUT2D eigenvalue weighted by molar-refractivity contribution is 0.0620. The number of halogens is 1. The van der Waals surface area contributed by atoms with Gasteiger partial charge in [0.25, 0.3) is 5.56 Å². The zero-order valence-electron chi connectivity index (χ0n) is 10.9.